The van der Waals surface area contributed by atoms with E-state index < -0.39 is 0 Å². The van der Waals surface area contributed by atoms with Crippen molar-refractivity contribution in [3.05, 3.63) is 0 Å². The fourth-order valence-electron chi connectivity index (χ4n) is 2.66. The fraction of sp³-hybridized carbons (Fsp3) is 0.917. The summed E-state index contributed by atoms with van der Waals surface area (Å²) in [7, 11) is 0. The highest BCUT2D eigenvalue weighted by Gasteiger charge is 2.36. The van der Waals surface area contributed by atoms with Crippen LogP contribution < -0.4 is 11.1 Å². The number of urea groups is 1. The highest BCUT2D eigenvalue weighted by atomic mass is 32.2. The highest BCUT2D eigenvalue weighted by molar-refractivity contribution is 8.00. The molecule has 1 aliphatic carbocycles. The van der Waals surface area contributed by atoms with Crippen LogP contribution >= 0.6 is 11.8 Å². The molecule has 5 heteroatoms. The molecule has 1 heterocycles. The molecule has 0 atom stereocenters. The molecule has 0 radical (unpaired) electrons. The van der Waals surface area contributed by atoms with Crippen molar-refractivity contribution >= 4 is 17.8 Å². The van der Waals surface area contributed by atoms with E-state index in [-0.39, 0.29) is 6.03 Å². The van der Waals surface area contributed by atoms with E-state index >= 15 is 0 Å². The molecule has 0 bridgehead atoms. The maximum absolute atomic E-state index is 11.0. The normalized spacial score (nSPS) is 24.4. The first-order valence-corrected chi connectivity index (χ1v) is 7.71. The third kappa shape index (κ3) is 3.07. The van der Waals surface area contributed by atoms with E-state index in [1.807, 2.05) is 11.8 Å². The van der Waals surface area contributed by atoms with Crippen LogP contribution in [0.3, 0.4) is 0 Å². The molecule has 2 rings (SSSR count). The molecule has 0 aromatic rings. The van der Waals surface area contributed by atoms with Crippen molar-refractivity contribution in [3.63, 3.8) is 0 Å². The van der Waals surface area contributed by atoms with Crippen LogP contribution in [-0.2, 0) is 0 Å². The van der Waals surface area contributed by atoms with Crippen molar-refractivity contribution in [1.29, 1.82) is 0 Å². The summed E-state index contributed by atoms with van der Waals surface area (Å²) in [4.78, 5) is 12.7. The van der Waals surface area contributed by atoms with Crippen LogP contribution in [0.1, 0.15) is 32.1 Å². The number of piperidine rings is 1. The van der Waals surface area contributed by atoms with Gasteiger partial charge in [-0.3, -0.25) is 0 Å². The Balaban J connectivity index is 1.69. The van der Waals surface area contributed by atoms with Gasteiger partial charge < -0.3 is 16.0 Å². The van der Waals surface area contributed by atoms with Gasteiger partial charge in [0.15, 0.2) is 0 Å². The molecule has 4 nitrogen and oxygen atoms in total. The Kier molecular flexibility index (Phi) is 4.20. The summed E-state index contributed by atoms with van der Waals surface area (Å²) in [5.74, 6) is 0. The molecule has 1 saturated heterocycles. The molecule has 2 amide bonds. The minimum Gasteiger partial charge on any atom is -0.351 e. The van der Waals surface area contributed by atoms with Crippen molar-refractivity contribution in [2.45, 2.75) is 42.9 Å². The molecule has 1 saturated carbocycles. The zero-order valence-electron chi connectivity index (χ0n) is 10.6. The first kappa shape index (κ1) is 13.0. The van der Waals surface area contributed by atoms with Gasteiger partial charge in [0.1, 0.15) is 0 Å². The van der Waals surface area contributed by atoms with E-state index in [0.29, 0.717) is 10.8 Å². The summed E-state index contributed by atoms with van der Waals surface area (Å²) < 4.78 is 0.501. The van der Waals surface area contributed by atoms with Crippen molar-refractivity contribution < 1.29 is 4.79 Å². The number of carbonyl (C=O) groups is 1. The minimum absolute atomic E-state index is 0.275. The average molecular weight is 257 g/mol. The topological polar surface area (TPSA) is 58.4 Å². The summed E-state index contributed by atoms with van der Waals surface area (Å²) in [6, 6.07) is 0.290. The number of hydrogen-bond donors (Lipinski definition) is 2. The Morgan fingerprint density at radius 3 is 2.53 bits per heavy atom. The SMILES string of the molecule is CSC1(CNC2CCN(C(N)=O)CC2)CCC1. The van der Waals surface area contributed by atoms with E-state index in [0.717, 1.165) is 32.5 Å². The third-order valence-electron chi connectivity index (χ3n) is 4.22. The molecule has 1 aliphatic heterocycles. The number of nitrogens with zero attached hydrogens (tertiary/aromatic N) is 1. The van der Waals surface area contributed by atoms with Gasteiger partial charge >= 0.3 is 6.03 Å². The van der Waals surface area contributed by atoms with Gasteiger partial charge in [-0.05, 0) is 31.9 Å². The standard InChI is InChI=1S/C12H23N3OS/c1-17-12(5-2-6-12)9-14-10-3-7-15(8-4-10)11(13)16/h10,14H,2-9H2,1H3,(H2,13,16). The van der Waals surface area contributed by atoms with E-state index in [4.69, 9.17) is 5.73 Å². The quantitative estimate of drug-likeness (QED) is 0.800. The minimum atomic E-state index is -0.275. The molecule has 0 unspecified atom stereocenters. The second-order valence-electron chi connectivity index (χ2n) is 5.22. The second kappa shape index (κ2) is 5.48. The van der Waals surface area contributed by atoms with E-state index in [1.165, 1.54) is 19.3 Å². The van der Waals surface area contributed by atoms with Gasteiger partial charge in [0.05, 0.1) is 0 Å². The number of nitrogens with two attached hydrogens (primary N) is 1. The van der Waals surface area contributed by atoms with Crippen LogP contribution in [0.4, 0.5) is 4.79 Å². The van der Waals surface area contributed by atoms with Gasteiger partial charge in [-0.15, -0.1) is 0 Å². The number of carbonyl (C=O) groups excluding carboxylic acids is 1. The van der Waals surface area contributed by atoms with Crippen LogP contribution in [0, 0.1) is 0 Å². The largest absolute Gasteiger partial charge is 0.351 e. The number of hydrogen-bond acceptors (Lipinski definition) is 3. The van der Waals surface area contributed by atoms with Crippen LogP contribution in [0.2, 0.25) is 0 Å². The number of rotatable bonds is 4. The Morgan fingerprint density at radius 2 is 2.12 bits per heavy atom. The molecule has 0 spiro atoms. The molecule has 17 heavy (non-hydrogen) atoms. The van der Waals surface area contributed by atoms with Gasteiger partial charge in [0, 0.05) is 30.4 Å². The first-order chi connectivity index (χ1) is 8.15. The molecule has 0 aromatic carbocycles. The lowest BCUT2D eigenvalue weighted by Gasteiger charge is -2.42. The highest BCUT2D eigenvalue weighted by Crippen LogP contribution is 2.42. The first-order valence-electron chi connectivity index (χ1n) is 6.48. The Labute approximate surface area is 108 Å². The van der Waals surface area contributed by atoms with Crippen LogP contribution in [0.5, 0.6) is 0 Å². The van der Waals surface area contributed by atoms with Gasteiger partial charge in [-0.25, -0.2) is 4.79 Å². The second-order valence-corrected chi connectivity index (χ2v) is 6.50. The Morgan fingerprint density at radius 1 is 1.47 bits per heavy atom. The van der Waals surface area contributed by atoms with Crippen molar-refractivity contribution in [3.8, 4) is 0 Å². The third-order valence-corrected chi connectivity index (χ3v) is 5.64. The van der Waals surface area contributed by atoms with Gasteiger partial charge in [0.25, 0.3) is 0 Å². The van der Waals surface area contributed by atoms with Gasteiger partial charge in [-0.1, -0.05) is 6.42 Å². The Hall–Kier alpha value is -0.420. The van der Waals surface area contributed by atoms with Crippen LogP contribution in [-0.4, -0.2) is 47.6 Å². The zero-order chi connectivity index (χ0) is 12.3. The van der Waals surface area contributed by atoms with Crippen molar-refractivity contribution in [1.82, 2.24) is 10.2 Å². The average Bonchev–Trinajstić information content (AvgIpc) is 2.29. The maximum atomic E-state index is 11.0. The molecular formula is C12H23N3OS. The smallest absolute Gasteiger partial charge is 0.314 e. The van der Waals surface area contributed by atoms with E-state index in [9.17, 15) is 4.79 Å². The van der Waals surface area contributed by atoms with Crippen molar-refractivity contribution in [2.75, 3.05) is 25.9 Å². The zero-order valence-corrected chi connectivity index (χ0v) is 11.4. The molecule has 2 aliphatic rings. The summed E-state index contributed by atoms with van der Waals surface area (Å²) in [5.41, 5.74) is 5.27. The van der Waals surface area contributed by atoms with Crippen LogP contribution in [0.25, 0.3) is 0 Å². The number of likely N-dealkylation sites (tertiary alicyclic amines) is 1. The lowest BCUT2D eigenvalue weighted by atomic mass is 9.84. The molecular weight excluding hydrogens is 234 g/mol. The summed E-state index contributed by atoms with van der Waals surface area (Å²) in [6.07, 6.45) is 8.36. The molecule has 2 fully saturated rings. The number of thioether (sulfide) groups is 1. The fourth-order valence-corrected chi connectivity index (χ4v) is 3.58. The number of amides is 2. The van der Waals surface area contributed by atoms with Crippen molar-refractivity contribution in [2.24, 2.45) is 5.73 Å². The lowest BCUT2D eigenvalue weighted by molar-refractivity contribution is 0.182. The molecule has 98 valence electrons. The van der Waals surface area contributed by atoms with E-state index in [1.54, 1.807) is 4.90 Å². The van der Waals surface area contributed by atoms with E-state index in [2.05, 4.69) is 11.6 Å². The molecule has 0 aromatic heterocycles. The van der Waals surface area contributed by atoms with Gasteiger partial charge in [-0.2, -0.15) is 11.8 Å². The summed E-state index contributed by atoms with van der Waals surface area (Å²) in [5, 5.41) is 3.68. The summed E-state index contributed by atoms with van der Waals surface area (Å²) in [6.45, 7) is 2.73. The lowest BCUT2D eigenvalue weighted by Crippen LogP contribution is -2.51. The summed E-state index contributed by atoms with van der Waals surface area (Å²) >= 11 is 2.01. The molecule has 3 N–H and O–H groups in total. The van der Waals surface area contributed by atoms with Crippen LogP contribution in [0.15, 0.2) is 0 Å². The predicted octanol–water partition coefficient (Wildman–Crippen LogP) is 1.40. The maximum Gasteiger partial charge on any atom is 0.314 e. The predicted molar refractivity (Wildman–Crippen MR) is 72.3 cm³/mol. The number of nitrogens with one attached hydrogen (secondary N) is 1. The van der Waals surface area contributed by atoms with Gasteiger partial charge in [0.2, 0.25) is 0 Å². The number of primary amides is 1. The Bertz CT molecular complexity index is 267. The monoisotopic (exact) mass is 257 g/mol.